The first-order chi connectivity index (χ1) is 7.72. The molecule has 0 spiro atoms. The molecule has 5 heteroatoms. The molecule has 86 valence electrons. The second kappa shape index (κ2) is 3.73. The maximum atomic E-state index is 11.9. The summed E-state index contributed by atoms with van der Waals surface area (Å²) in [6.45, 7) is 1.90. The molecule has 2 saturated carbocycles. The molecule has 0 saturated heterocycles. The highest BCUT2D eigenvalue weighted by atomic mass is 32.1. The third-order valence-corrected chi connectivity index (χ3v) is 3.91. The van der Waals surface area contributed by atoms with Crippen molar-refractivity contribution in [3.8, 4) is 0 Å². The van der Waals surface area contributed by atoms with E-state index in [0.29, 0.717) is 12.1 Å². The van der Waals surface area contributed by atoms with Crippen LogP contribution in [0.15, 0.2) is 0 Å². The number of thiazole rings is 1. The molecule has 0 radical (unpaired) electrons. The number of nitrogens with zero attached hydrogens (tertiary/aromatic N) is 1. The molecule has 0 atom stereocenters. The van der Waals surface area contributed by atoms with Gasteiger partial charge in [-0.1, -0.05) is 11.3 Å². The van der Waals surface area contributed by atoms with Gasteiger partial charge < -0.3 is 10.6 Å². The number of carbonyl (C=O) groups is 1. The summed E-state index contributed by atoms with van der Waals surface area (Å²) in [6.07, 6.45) is 4.69. The van der Waals surface area contributed by atoms with E-state index < -0.39 is 0 Å². The van der Waals surface area contributed by atoms with Gasteiger partial charge in [-0.15, -0.1) is 0 Å². The first kappa shape index (κ1) is 10.1. The number of anilines is 1. The van der Waals surface area contributed by atoms with Crippen LogP contribution in [0.25, 0.3) is 0 Å². The van der Waals surface area contributed by atoms with Gasteiger partial charge in [-0.2, -0.15) is 0 Å². The highest BCUT2D eigenvalue weighted by Crippen LogP contribution is 2.29. The first-order valence-electron chi connectivity index (χ1n) is 5.77. The molecule has 2 aliphatic rings. The van der Waals surface area contributed by atoms with Gasteiger partial charge in [0, 0.05) is 12.1 Å². The van der Waals surface area contributed by atoms with Crippen LogP contribution in [0.3, 0.4) is 0 Å². The fourth-order valence-electron chi connectivity index (χ4n) is 1.55. The van der Waals surface area contributed by atoms with Gasteiger partial charge in [0.2, 0.25) is 0 Å². The van der Waals surface area contributed by atoms with Crippen molar-refractivity contribution >= 4 is 22.4 Å². The minimum absolute atomic E-state index is 0.0429. The average Bonchev–Trinajstić information content (AvgIpc) is 3.10. The number of hydrogen-bond acceptors (Lipinski definition) is 4. The lowest BCUT2D eigenvalue weighted by atomic mass is 10.4. The Morgan fingerprint density at radius 2 is 2.00 bits per heavy atom. The van der Waals surface area contributed by atoms with Crippen LogP contribution in [0.5, 0.6) is 0 Å². The summed E-state index contributed by atoms with van der Waals surface area (Å²) in [5.41, 5.74) is 0.839. The van der Waals surface area contributed by atoms with Gasteiger partial charge in [0.25, 0.3) is 5.91 Å². The smallest absolute Gasteiger partial charge is 0.263 e. The summed E-state index contributed by atoms with van der Waals surface area (Å²) in [5, 5.41) is 7.22. The van der Waals surface area contributed by atoms with Gasteiger partial charge >= 0.3 is 0 Å². The van der Waals surface area contributed by atoms with E-state index >= 15 is 0 Å². The average molecular weight is 237 g/mol. The Bertz CT molecular complexity index is 421. The molecule has 1 heterocycles. The lowest BCUT2D eigenvalue weighted by Gasteiger charge is -1.99. The quantitative estimate of drug-likeness (QED) is 0.841. The van der Waals surface area contributed by atoms with Crippen molar-refractivity contribution in [1.82, 2.24) is 10.3 Å². The van der Waals surface area contributed by atoms with Crippen LogP contribution in [0.1, 0.15) is 41.0 Å². The predicted molar refractivity (Wildman–Crippen MR) is 64.0 cm³/mol. The largest absolute Gasteiger partial charge is 0.359 e. The summed E-state index contributed by atoms with van der Waals surface area (Å²) in [4.78, 5) is 17.0. The third kappa shape index (κ3) is 2.19. The maximum Gasteiger partial charge on any atom is 0.263 e. The SMILES string of the molecule is Cc1nc(NC2CC2)sc1C(=O)NC1CC1. The number of hydrogen-bond donors (Lipinski definition) is 2. The van der Waals surface area contributed by atoms with Gasteiger partial charge in [-0.25, -0.2) is 4.98 Å². The Morgan fingerprint density at radius 1 is 1.31 bits per heavy atom. The number of nitrogens with one attached hydrogen (secondary N) is 2. The summed E-state index contributed by atoms with van der Waals surface area (Å²) in [5.74, 6) is 0.0429. The number of carbonyl (C=O) groups excluding carboxylic acids is 1. The highest BCUT2D eigenvalue weighted by molar-refractivity contribution is 7.17. The Morgan fingerprint density at radius 3 is 2.62 bits per heavy atom. The normalized spacial score (nSPS) is 19.6. The van der Waals surface area contributed by atoms with Crippen molar-refractivity contribution in [2.24, 2.45) is 0 Å². The molecule has 2 fully saturated rings. The Balaban J connectivity index is 1.71. The van der Waals surface area contributed by atoms with Crippen LogP contribution in [0.4, 0.5) is 5.13 Å². The maximum absolute atomic E-state index is 11.9. The Kier molecular flexibility index (Phi) is 2.35. The molecule has 1 amide bonds. The van der Waals surface area contributed by atoms with Crippen molar-refractivity contribution in [3.63, 3.8) is 0 Å². The van der Waals surface area contributed by atoms with Crippen LogP contribution in [0, 0.1) is 6.92 Å². The zero-order valence-corrected chi connectivity index (χ0v) is 10.1. The molecule has 4 nitrogen and oxygen atoms in total. The predicted octanol–water partition coefficient (Wildman–Crippen LogP) is 1.92. The first-order valence-corrected chi connectivity index (χ1v) is 6.59. The monoisotopic (exact) mass is 237 g/mol. The van der Waals surface area contributed by atoms with Gasteiger partial charge in [-0.05, 0) is 32.6 Å². The zero-order chi connectivity index (χ0) is 11.1. The van der Waals surface area contributed by atoms with E-state index in [0.717, 1.165) is 28.5 Å². The molecule has 0 aliphatic heterocycles. The lowest BCUT2D eigenvalue weighted by molar-refractivity contribution is 0.0954. The van der Waals surface area contributed by atoms with Crippen LogP contribution >= 0.6 is 11.3 Å². The van der Waals surface area contributed by atoms with Crippen molar-refractivity contribution in [1.29, 1.82) is 0 Å². The molecular weight excluding hydrogens is 222 g/mol. The minimum Gasteiger partial charge on any atom is -0.359 e. The molecule has 0 aromatic carbocycles. The van der Waals surface area contributed by atoms with E-state index in [-0.39, 0.29) is 5.91 Å². The fraction of sp³-hybridized carbons (Fsp3) is 0.636. The molecule has 2 aliphatic carbocycles. The van der Waals surface area contributed by atoms with Crippen molar-refractivity contribution in [2.75, 3.05) is 5.32 Å². The summed E-state index contributed by atoms with van der Waals surface area (Å²) >= 11 is 1.47. The van der Waals surface area contributed by atoms with Crippen molar-refractivity contribution in [3.05, 3.63) is 10.6 Å². The molecule has 16 heavy (non-hydrogen) atoms. The van der Waals surface area contributed by atoms with Gasteiger partial charge in [0.05, 0.1) is 5.69 Å². The van der Waals surface area contributed by atoms with Crippen LogP contribution < -0.4 is 10.6 Å². The standard InChI is InChI=1S/C11H15N3OS/c1-6-9(10(15)13-7-2-3-7)16-11(12-6)14-8-4-5-8/h7-8H,2-5H2,1H3,(H,12,14)(H,13,15). The van der Waals surface area contributed by atoms with E-state index in [1.165, 1.54) is 24.2 Å². The second-order valence-corrected chi connectivity index (χ2v) is 5.60. The number of aromatic nitrogens is 1. The molecular formula is C11H15N3OS. The van der Waals surface area contributed by atoms with Gasteiger partial charge in [-0.3, -0.25) is 4.79 Å². The third-order valence-electron chi connectivity index (χ3n) is 2.82. The molecule has 3 rings (SSSR count). The highest BCUT2D eigenvalue weighted by Gasteiger charge is 2.27. The number of aryl methyl sites for hydroxylation is 1. The van der Waals surface area contributed by atoms with Crippen LogP contribution in [0.2, 0.25) is 0 Å². The fourth-order valence-corrected chi connectivity index (χ4v) is 2.50. The van der Waals surface area contributed by atoms with Crippen LogP contribution in [-0.4, -0.2) is 23.0 Å². The summed E-state index contributed by atoms with van der Waals surface area (Å²) in [7, 11) is 0. The van der Waals surface area contributed by atoms with E-state index in [9.17, 15) is 4.79 Å². The van der Waals surface area contributed by atoms with E-state index in [1.807, 2.05) is 6.92 Å². The van der Waals surface area contributed by atoms with Gasteiger partial charge in [0.15, 0.2) is 5.13 Å². The molecule has 0 bridgehead atoms. The summed E-state index contributed by atoms with van der Waals surface area (Å²) in [6, 6.07) is 0.999. The molecule has 1 aromatic heterocycles. The van der Waals surface area contributed by atoms with E-state index in [4.69, 9.17) is 0 Å². The van der Waals surface area contributed by atoms with Crippen LogP contribution in [-0.2, 0) is 0 Å². The Hall–Kier alpha value is -1.10. The minimum atomic E-state index is 0.0429. The number of rotatable bonds is 4. The molecule has 1 aromatic rings. The topological polar surface area (TPSA) is 54.0 Å². The van der Waals surface area contributed by atoms with Crippen molar-refractivity contribution in [2.45, 2.75) is 44.7 Å². The lowest BCUT2D eigenvalue weighted by Crippen LogP contribution is -2.25. The number of amides is 1. The van der Waals surface area contributed by atoms with Crippen molar-refractivity contribution < 1.29 is 4.79 Å². The molecule has 2 N–H and O–H groups in total. The molecule has 0 unspecified atom stereocenters. The second-order valence-electron chi connectivity index (χ2n) is 4.60. The Labute approximate surface area is 98.5 Å². The summed E-state index contributed by atoms with van der Waals surface area (Å²) < 4.78 is 0. The van der Waals surface area contributed by atoms with Gasteiger partial charge in [0.1, 0.15) is 4.88 Å². The van der Waals surface area contributed by atoms with E-state index in [1.54, 1.807) is 0 Å². The zero-order valence-electron chi connectivity index (χ0n) is 9.25. The van der Waals surface area contributed by atoms with E-state index in [2.05, 4.69) is 15.6 Å².